The van der Waals surface area contributed by atoms with E-state index >= 15 is 0 Å². The van der Waals surface area contributed by atoms with Crippen LogP contribution in [0.25, 0.3) is 17.1 Å². The Labute approximate surface area is 136 Å². The topological polar surface area (TPSA) is 69.6 Å². The van der Waals surface area contributed by atoms with Crippen LogP contribution in [-0.4, -0.2) is 20.2 Å². The van der Waals surface area contributed by atoms with Gasteiger partial charge in [-0.1, -0.05) is 6.07 Å². The van der Waals surface area contributed by atoms with Gasteiger partial charge in [0.25, 0.3) is 0 Å². The van der Waals surface area contributed by atoms with Crippen molar-refractivity contribution < 1.29 is 4.39 Å². The van der Waals surface area contributed by atoms with Crippen molar-refractivity contribution in [3.8, 4) is 17.1 Å². The van der Waals surface area contributed by atoms with Crippen molar-refractivity contribution in [2.45, 2.75) is 0 Å². The van der Waals surface area contributed by atoms with Gasteiger partial charge < -0.3 is 5.73 Å². The minimum absolute atomic E-state index is 0.341. The van der Waals surface area contributed by atoms with Crippen LogP contribution < -0.4 is 5.73 Å². The third kappa shape index (κ3) is 2.56. The van der Waals surface area contributed by atoms with Crippen LogP contribution >= 0.6 is 31.9 Å². The molecule has 0 unspecified atom stereocenters. The fraction of sp³-hybridized carbons (Fsp3) is 0. The van der Waals surface area contributed by atoms with Gasteiger partial charge in [0, 0.05) is 11.3 Å². The van der Waals surface area contributed by atoms with Crippen molar-refractivity contribution in [1.29, 1.82) is 0 Å². The molecule has 0 aliphatic heterocycles. The van der Waals surface area contributed by atoms with Gasteiger partial charge in [-0.15, -0.1) is 5.10 Å². The van der Waals surface area contributed by atoms with Gasteiger partial charge in [0.1, 0.15) is 5.82 Å². The van der Waals surface area contributed by atoms with Crippen LogP contribution in [0.3, 0.4) is 0 Å². The highest BCUT2D eigenvalue weighted by Crippen LogP contribution is 2.32. The molecule has 0 saturated heterocycles. The number of benzene rings is 2. The summed E-state index contributed by atoms with van der Waals surface area (Å²) >= 11 is 6.58. The monoisotopic (exact) mass is 411 g/mol. The Morgan fingerprint density at radius 2 is 1.95 bits per heavy atom. The Morgan fingerprint density at radius 1 is 1.14 bits per heavy atom. The number of anilines is 1. The minimum atomic E-state index is -0.349. The smallest absolute Gasteiger partial charge is 0.188 e. The van der Waals surface area contributed by atoms with Gasteiger partial charge in [0.05, 0.1) is 14.6 Å². The summed E-state index contributed by atoms with van der Waals surface area (Å²) < 4.78 is 15.9. The molecular weight excluding hydrogens is 405 g/mol. The number of nitrogens with two attached hydrogens (primary N) is 1. The van der Waals surface area contributed by atoms with Gasteiger partial charge in [-0.05, 0) is 72.6 Å². The number of rotatable bonds is 2. The van der Waals surface area contributed by atoms with E-state index in [0.29, 0.717) is 26.1 Å². The lowest BCUT2D eigenvalue weighted by atomic mass is 10.2. The lowest BCUT2D eigenvalue weighted by molar-refractivity contribution is 0.620. The molecule has 21 heavy (non-hydrogen) atoms. The van der Waals surface area contributed by atoms with Crippen molar-refractivity contribution in [2.24, 2.45) is 0 Å². The number of nitrogens with zero attached hydrogens (tertiary/aromatic N) is 4. The molecule has 8 heteroatoms. The summed E-state index contributed by atoms with van der Waals surface area (Å²) in [5.41, 5.74) is 7.85. The molecule has 0 amide bonds. The maximum Gasteiger partial charge on any atom is 0.188 e. The molecule has 2 aromatic carbocycles. The average molecular weight is 413 g/mol. The maximum atomic E-state index is 13.3. The second kappa shape index (κ2) is 5.53. The van der Waals surface area contributed by atoms with Gasteiger partial charge in [-0.3, -0.25) is 0 Å². The minimum Gasteiger partial charge on any atom is -0.398 e. The molecule has 3 rings (SSSR count). The third-order valence-electron chi connectivity index (χ3n) is 2.89. The first-order valence-corrected chi connectivity index (χ1v) is 7.44. The Hall–Kier alpha value is -1.80. The molecule has 0 spiro atoms. The number of aromatic nitrogens is 4. The molecule has 3 aromatic rings. The van der Waals surface area contributed by atoms with Crippen LogP contribution in [0.2, 0.25) is 0 Å². The zero-order chi connectivity index (χ0) is 15.0. The zero-order valence-corrected chi connectivity index (χ0v) is 13.6. The van der Waals surface area contributed by atoms with Crippen molar-refractivity contribution in [2.75, 3.05) is 5.73 Å². The van der Waals surface area contributed by atoms with Crippen LogP contribution in [0, 0.1) is 5.82 Å². The molecule has 0 bridgehead atoms. The molecule has 1 aromatic heterocycles. The van der Waals surface area contributed by atoms with Crippen LogP contribution in [0.5, 0.6) is 0 Å². The number of hydrogen-bond donors (Lipinski definition) is 1. The van der Waals surface area contributed by atoms with Crippen molar-refractivity contribution >= 4 is 37.5 Å². The fourth-order valence-electron chi connectivity index (χ4n) is 1.87. The highest BCUT2D eigenvalue weighted by Gasteiger charge is 2.15. The second-order valence-electron chi connectivity index (χ2n) is 4.22. The largest absolute Gasteiger partial charge is 0.398 e. The van der Waals surface area contributed by atoms with Gasteiger partial charge in [-0.2, -0.15) is 4.68 Å². The molecule has 106 valence electrons. The molecule has 2 N–H and O–H groups in total. The van der Waals surface area contributed by atoms with Crippen LogP contribution in [-0.2, 0) is 0 Å². The molecular formula is C13H8Br2FN5. The van der Waals surface area contributed by atoms with Gasteiger partial charge >= 0.3 is 0 Å². The van der Waals surface area contributed by atoms with Crippen molar-refractivity contribution in [3.05, 3.63) is 51.2 Å². The number of hydrogen-bond acceptors (Lipinski definition) is 4. The number of halogens is 3. The third-order valence-corrected chi connectivity index (χ3v) is 4.38. The normalized spacial score (nSPS) is 10.8. The molecule has 5 nitrogen and oxygen atoms in total. The van der Waals surface area contributed by atoms with Crippen LogP contribution in [0.4, 0.5) is 10.1 Å². The summed E-state index contributed by atoms with van der Waals surface area (Å²) in [6, 6.07) is 9.99. The molecule has 0 atom stereocenters. The molecule has 0 saturated carbocycles. The summed E-state index contributed by atoms with van der Waals surface area (Å²) in [5.74, 6) is 0.159. The van der Waals surface area contributed by atoms with Crippen molar-refractivity contribution in [3.63, 3.8) is 0 Å². The predicted molar refractivity (Wildman–Crippen MR) is 84.4 cm³/mol. The van der Waals surface area contributed by atoms with Gasteiger partial charge in [-0.25, -0.2) is 4.39 Å². The zero-order valence-electron chi connectivity index (χ0n) is 10.5. The first-order chi connectivity index (χ1) is 10.1. The Morgan fingerprint density at radius 3 is 2.71 bits per heavy atom. The molecule has 0 aliphatic carbocycles. The van der Waals surface area contributed by atoms with Gasteiger partial charge in [0.15, 0.2) is 5.82 Å². The maximum absolute atomic E-state index is 13.3. The van der Waals surface area contributed by atoms with E-state index in [2.05, 4.69) is 47.4 Å². The average Bonchev–Trinajstić information content (AvgIpc) is 2.94. The molecule has 0 fully saturated rings. The van der Waals surface area contributed by atoms with E-state index in [1.165, 1.54) is 10.7 Å². The van der Waals surface area contributed by atoms with E-state index in [1.54, 1.807) is 18.2 Å². The van der Waals surface area contributed by atoms with E-state index in [4.69, 9.17) is 5.73 Å². The number of tetrazole rings is 1. The Bertz CT molecular complexity index is 818. The van der Waals surface area contributed by atoms with E-state index < -0.39 is 0 Å². The second-order valence-corrected chi connectivity index (χ2v) is 5.87. The molecule has 0 aliphatic rings. The summed E-state index contributed by atoms with van der Waals surface area (Å²) in [6.07, 6.45) is 0. The Kier molecular flexibility index (Phi) is 3.73. The van der Waals surface area contributed by atoms with E-state index in [9.17, 15) is 4.39 Å². The first-order valence-electron chi connectivity index (χ1n) is 5.86. The van der Waals surface area contributed by atoms with Crippen LogP contribution in [0.15, 0.2) is 45.3 Å². The lowest BCUT2D eigenvalue weighted by Crippen LogP contribution is -2.01. The van der Waals surface area contributed by atoms with E-state index in [0.717, 1.165) is 5.56 Å². The van der Waals surface area contributed by atoms with Gasteiger partial charge in [0.2, 0.25) is 0 Å². The lowest BCUT2D eigenvalue weighted by Gasteiger charge is -2.08. The fourth-order valence-corrected chi connectivity index (χ4v) is 2.68. The summed E-state index contributed by atoms with van der Waals surface area (Å²) in [5, 5.41) is 11.7. The summed E-state index contributed by atoms with van der Waals surface area (Å²) in [4.78, 5) is 0. The summed E-state index contributed by atoms with van der Waals surface area (Å²) in [6.45, 7) is 0. The predicted octanol–water partition coefficient (Wildman–Crippen LogP) is 3.58. The quantitative estimate of drug-likeness (QED) is 0.653. The molecule has 0 radical (unpaired) electrons. The Balaban J connectivity index is 2.17. The first kappa shape index (κ1) is 14.2. The standard InChI is InChI=1S/C13H8Br2FN5/c14-9-6-7(4-5-10(9)16)21-13(18-19-20-21)8-2-1-3-11(17)12(8)15/h1-6H,17H2. The van der Waals surface area contributed by atoms with E-state index in [1.807, 2.05) is 12.1 Å². The number of nitrogen functional groups attached to an aromatic ring is 1. The van der Waals surface area contributed by atoms with E-state index in [-0.39, 0.29) is 5.82 Å². The SMILES string of the molecule is Nc1cccc(-c2nnnn2-c2ccc(F)c(Br)c2)c1Br. The highest BCUT2D eigenvalue weighted by molar-refractivity contribution is 9.11. The summed E-state index contributed by atoms with van der Waals surface area (Å²) in [7, 11) is 0. The molecule has 1 heterocycles. The highest BCUT2D eigenvalue weighted by atomic mass is 79.9. The van der Waals surface area contributed by atoms with Crippen molar-refractivity contribution in [1.82, 2.24) is 20.2 Å². The van der Waals surface area contributed by atoms with Crippen LogP contribution in [0.1, 0.15) is 0 Å².